The maximum Gasteiger partial charge on any atom is 0.230 e. The third kappa shape index (κ3) is 4.44. The Bertz CT molecular complexity index is 971. The largest absolute Gasteiger partial charge is 0.361 e. The molecule has 3 heterocycles. The van der Waals surface area contributed by atoms with Crippen LogP contribution in [0.2, 0.25) is 0 Å². The number of benzene rings is 1. The van der Waals surface area contributed by atoms with E-state index < -0.39 is 5.41 Å². The van der Waals surface area contributed by atoms with Gasteiger partial charge in [0.2, 0.25) is 5.91 Å². The Labute approximate surface area is 177 Å². The molecular weight excluding hydrogens is 376 g/mol. The predicted molar refractivity (Wildman–Crippen MR) is 116 cm³/mol. The summed E-state index contributed by atoms with van der Waals surface area (Å²) in [4.78, 5) is 21.5. The zero-order valence-corrected chi connectivity index (χ0v) is 17.6. The van der Waals surface area contributed by atoms with Crippen LogP contribution in [0.4, 0.5) is 0 Å². The molecule has 2 aromatic heterocycles. The lowest BCUT2D eigenvalue weighted by molar-refractivity contribution is -0.143. The Balaban J connectivity index is 1.57. The van der Waals surface area contributed by atoms with Gasteiger partial charge in [-0.05, 0) is 37.1 Å². The second-order valence-electron chi connectivity index (χ2n) is 8.37. The van der Waals surface area contributed by atoms with Crippen LogP contribution in [-0.2, 0) is 17.8 Å². The summed E-state index contributed by atoms with van der Waals surface area (Å²) in [6.45, 7) is 2.50. The van der Waals surface area contributed by atoms with Crippen molar-refractivity contribution in [2.45, 2.75) is 25.8 Å². The highest BCUT2D eigenvalue weighted by Crippen LogP contribution is 2.37. The van der Waals surface area contributed by atoms with Crippen molar-refractivity contribution in [3.8, 4) is 11.3 Å². The number of rotatable bonds is 6. The van der Waals surface area contributed by atoms with Crippen molar-refractivity contribution in [3.63, 3.8) is 0 Å². The summed E-state index contributed by atoms with van der Waals surface area (Å²) in [6, 6.07) is 16.0. The van der Waals surface area contributed by atoms with E-state index in [1.165, 1.54) is 5.56 Å². The maximum atomic E-state index is 13.3. The average Bonchev–Trinajstić information content (AvgIpc) is 3.23. The molecule has 1 aliphatic heterocycles. The van der Waals surface area contributed by atoms with E-state index in [1.54, 1.807) is 4.90 Å². The van der Waals surface area contributed by atoms with Gasteiger partial charge in [0, 0.05) is 57.6 Å². The number of aromatic nitrogens is 2. The molecule has 6 nitrogen and oxygen atoms in total. The first-order valence-electron chi connectivity index (χ1n) is 10.4. The molecule has 1 unspecified atom stereocenters. The number of carbonyl (C=O) groups is 1. The molecule has 1 amide bonds. The third-order valence-electron chi connectivity index (χ3n) is 5.81. The molecule has 1 aliphatic rings. The predicted octanol–water partition coefficient (Wildman–Crippen LogP) is 3.65. The van der Waals surface area contributed by atoms with E-state index in [2.05, 4.69) is 15.0 Å². The van der Waals surface area contributed by atoms with Gasteiger partial charge in [0.1, 0.15) is 11.5 Å². The fourth-order valence-electron chi connectivity index (χ4n) is 4.45. The first-order chi connectivity index (χ1) is 14.6. The van der Waals surface area contributed by atoms with Crippen molar-refractivity contribution in [2.75, 3.05) is 27.2 Å². The highest BCUT2D eigenvalue weighted by atomic mass is 16.5. The first kappa shape index (κ1) is 20.3. The van der Waals surface area contributed by atoms with Crippen LogP contribution in [0.25, 0.3) is 11.3 Å². The number of hydrogen-bond donors (Lipinski definition) is 0. The van der Waals surface area contributed by atoms with Crippen molar-refractivity contribution >= 4 is 5.91 Å². The van der Waals surface area contributed by atoms with Gasteiger partial charge in [0.15, 0.2) is 0 Å². The van der Waals surface area contributed by atoms with Crippen LogP contribution in [0.3, 0.4) is 0 Å². The fourth-order valence-corrected chi connectivity index (χ4v) is 4.45. The second kappa shape index (κ2) is 8.79. The SMILES string of the molecule is CN(C)C(=O)C1(Cc2cc(-c3ccccc3)no2)CCCN(Cc2ccncc2)C1. The second-order valence-corrected chi connectivity index (χ2v) is 8.37. The molecule has 156 valence electrons. The Morgan fingerprint density at radius 1 is 1.17 bits per heavy atom. The molecule has 0 N–H and O–H groups in total. The van der Waals surface area contributed by atoms with Crippen LogP contribution in [0.15, 0.2) is 65.4 Å². The Kier molecular flexibility index (Phi) is 5.95. The minimum absolute atomic E-state index is 0.152. The summed E-state index contributed by atoms with van der Waals surface area (Å²) in [7, 11) is 3.67. The average molecular weight is 405 g/mol. The van der Waals surface area contributed by atoms with Gasteiger partial charge in [-0.15, -0.1) is 0 Å². The van der Waals surface area contributed by atoms with Crippen LogP contribution >= 0.6 is 0 Å². The Morgan fingerprint density at radius 3 is 2.67 bits per heavy atom. The van der Waals surface area contributed by atoms with E-state index in [9.17, 15) is 4.79 Å². The number of carbonyl (C=O) groups excluding carboxylic acids is 1. The fraction of sp³-hybridized carbons (Fsp3) is 0.375. The van der Waals surface area contributed by atoms with Crippen LogP contribution in [-0.4, -0.2) is 53.0 Å². The first-order valence-corrected chi connectivity index (χ1v) is 10.4. The molecule has 1 atom stereocenters. The molecule has 0 aliphatic carbocycles. The monoisotopic (exact) mass is 404 g/mol. The molecule has 6 heteroatoms. The lowest BCUT2D eigenvalue weighted by atomic mass is 9.75. The number of nitrogens with zero attached hydrogens (tertiary/aromatic N) is 4. The Hall–Kier alpha value is -2.99. The van der Waals surface area contributed by atoms with Crippen molar-refractivity contribution in [1.29, 1.82) is 0 Å². The number of pyridine rings is 1. The van der Waals surface area contributed by atoms with Crippen molar-refractivity contribution in [2.24, 2.45) is 5.41 Å². The van der Waals surface area contributed by atoms with Crippen LogP contribution in [0, 0.1) is 5.41 Å². The van der Waals surface area contributed by atoms with E-state index in [-0.39, 0.29) is 5.91 Å². The molecule has 0 bridgehead atoms. The molecule has 1 saturated heterocycles. The van der Waals surface area contributed by atoms with E-state index in [0.717, 1.165) is 42.9 Å². The van der Waals surface area contributed by atoms with Gasteiger partial charge in [-0.3, -0.25) is 14.7 Å². The molecule has 1 fully saturated rings. The van der Waals surface area contributed by atoms with Gasteiger partial charge >= 0.3 is 0 Å². The highest BCUT2D eigenvalue weighted by Gasteiger charge is 2.44. The molecule has 0 radical (unpaired) electrons. The summed E-state index contributed by atoms with van der Waals surface area (Å²) in [5.41, 5.74) is 2.53. The highest BCUT2D eigenvalue weighted by molar-refractivity contribution is 5.83. The molecular formula is C24H28N4O2. The number of hydrogen-bond acceptors (Lipinski definition) is 5. The molecule has 1 aromatic carbocycles. The third-order valence-corrected chi connectivity index (χ3v) is 5.81. The molecule has 3 aromatic rings. The zero-order chi connectivity index (χ0) is 21.0. The summed E-state index contributed by atoms with van der Waals surface area (Å²) in [5, 5.41) is 4.25. The standard InChI is InChI=1S/C24H28N4O2/c1-27(2)23(29)24(11-6-14-28(18-24)17-19-9-12-25-13-10-19)16-21-15-22(26-30-21)20-7-4-3-5-8-20/h3-5,7-10,12-13,15H,6,11,14,16-18H2,1-2H3. The van der Waals surface area contributed by atoms with Gasteiger partial charge in [-0.25, -0.2) is 0 Å². The smallest absolute Gasteiger partial charge is 0.230 e. The topological polar surface area (TPSA) is 62.5 Å². The normalized spacial score (nSPS) is 19.5. The van der Waals surface area contributed by atoms with E-state index in [1.807, 2.05) is 75.0 Å². The zero-order valence-electron chi connectivity index (χ0n) is 17.6. The number of likely N-dealkylation sites (tertiary alicyclic amines) is 1. The molecule has 0 spiro atoms. The van der Waals surface area contributed by atoms with Gasteiger partial charge in [0.05, 0.1) is 5.41 Å². The summed E-state index contributed by atoms with van der Waals surface area (Å²) in [6.07, 6.45) is 6.01. The lowest BCUT2D eigenvalue weighted by Gasteiger charge is -2.42. The minimum atomic E-state index is -0.512. The number of piperidine rings is 1. The van der Waals surface area contributed by atoms with E-state index in [4.69, 9.17) is 4.52 Å². The molecule has 30 heavy (non-hydrogen) atoms. The van der Waals surface area contributed by atoms with Crippen LogP contribution < -0.4 is 0 Å². The lowest BCUT2D eigenvalue weighted by Crippen LogP contribution is -2.52. The van der Waals surface area contributed by atoms with Gasteiger partial charge in [0.25, 0.3) is 0 Å². The molecule has 4 rings (SSSR count). The quantitative estimate of drug-likeness (QED) is 0.628. The van der Waals surface area contributed by atoms with Crippen molar-refractivity contribution in [3.05, 3.63) is 72.2 Å². The summed E-state index contributed by atoms with van der Waals surface area (Å²) < 4.78 is 5.68. The van der Waals surface area contributed by atoms with Gasteiger partial charge in [-0.1, -0.05) is 35.5 Å². The van der Waals surface area contributed by atoms with Crippen molar-refractivity contribution < 1.29 is 9.32 Å². The summed E-state index contributed by atoms with van der Waals surface area (Å²) in [5.74, 6) is 0.911. The van der Waals surface area contributed by atoms with E-state index >= 15 is 0 Å². The maximum absolute atomic E-state index is 13.3. The molecule has 0 saturated carbocycles. The Morgan fingerprint density at radius 2 is 1.93 bits per heavy atom. The van der Waals surface area contributed by atoms with Crippen LogP contribution in [0.5, 0.6) is 0 Å². The van der Waals surface area contributed by atoms with Gasteiger partial charge < -0.3 is 9.42 Å². The van der Waals surface area contributed by atoms with Gasteiger partial charge in [-0.2, -0.15) is 0 Å². The number of amides is 1. The van der Waals surface area contributed by atoms with E-state index in [0.29, 0.717) is 13.0 Å². The van der Waals surface area contributed by atoms with Crippen molar-refractivity contribution in [1.82, 2.24) is 19.9 Å². The van der Waals surface area contributed by atoms with Crippen LogP contribution in [0.1, 0.15) is 24.2 Å². The summed E-state index contributed by atoms with van der Waals surface area (Å²) >= 11 is 0. The minimum Gasteiger partial charge on any atom is -0.361 e.